The van der Waals surface area contributed by atoms with Crippen molar-refractivity contribution in [1.82, 2.24) is 0 Å². The molecule has 0 aromatic heterocycles. The summed E-state index contributed by atoms with van der Waals surface area (Å²) in [6, 6.07) is 14.5. The number of unbranched alkanes of at least 4 members (excludes halogenated alkanes) is 2. The van der Waals surface area contributed by atoms with Crippen LogP contribution in [0.15, 0.2) is 48.5 Å². The number of hydrogen-bond donors (Lipinski definition) is 0. The number of hydrogen-bond acceptors (Lipinski definition) is 1. The van der Waals surface area contributed by atoms with Crippen LogP contribution in [-0.2, 0) is 6.42 Å². The van der Waals surface area contributed by atoms with Gasteiger partial charge in [-0.3, -0.25) is 0 Å². The first-order valence-corrected chi connectivity index (χ1v) is 8.69. The second-order valence-corrected chi connectivity index (χ2v) is 6.29. The van der Waals surface area contributed by atoms with E-state index in [-0.39, 0.29) is 10.9 Å². The van der Waals surface area contributed by atoms with Crippen molar-refractivity contribution in [3.8, 4) is 16.9 Å². The summed E-state index contributed by atoms with van der Waals surface area (Å²) >= 11 is 0. The fourth-order valence-corrected chi connectivity index (χ4v) is 3.07. The molecule has 0 heterocycles. The van der Waals surface area contributed by atoms with Gasteiger partial charge in [-0.15, -0.1) is 0 Å². The molecular weight excluding hydrogens is 318 g/mol. The predicted molar refractivity (Wildman–Crippen MR) is 99.1 cm³/mol. The molecule has 130 valence electrons. The highest BCUT2D eigenvalue weighted by Crippen LogP contribution is 2.32. The van der Waals surface area contributed by atoms with E-state index in [0.29, 0.717) is 16.7 Å². The lowest BCUT2D eigenvalue weighted by Crippen LogP contribution is -1.94. The zero-order chi connectivity index (χ0) is 17.8. The summed E-state index contributed by atoms with van der Waals surface area (Å²) in [6.45, 7) is 2.18. The molecule has 0 aliphatic carbocycles. The van der Waals surface area contributed by atoms with E-state index >= 15 is 0 Å². The maximum atomic E-state index is 14.6. The maximum absolute atomic E-state index is 14.6. The fourth-order valence-electron chi connectivity index (χ4n) is 3.07. The molecule has 0 amide bonds. The Morgan fingerprint density at radius 3 is 2.32 bits per heavy atom. The average molecular weight is 340 g/mol. The van der Waals surface area contributed by atoms with Crippen LogP contribution in [0.5, 0.6) is 5.75 Å². The average Bonchev–Trinajstić information content (AvgIpc) is 2.65. The van der Waals surface area contributed by atoms with Crippen molar-refractivity contribution in [2.24, 2.45) is 0 Å². The third-order valence-electron chi connectivity index (χ3n) is 4.56. The second-order valence-electron chi connectivity index (χ2n) is 6.29. The Labute approximate surface area is 147 Å². The fraction of sp³-hybridized carbons (Fsp3) is 0.273. The smallest absolute Gasteiger partial charge is 0.167 e. The van der Waals surface area contributed by atoms with Gasteiger partial charge in [0.05, 0.1) is 7.11 Å². The minimum Gasteiger partial charge on any atom is -0.497 e. The molecule has 1 nitrogen and oxygen atoms in total. The van der Waals surface area contributed by atoms with Crippen LogP contribution in [0.25, 0.3) is 21.9 Å². The molecule has 0 radical (unpaired) electrons. The van der Waals surface area contributed by atoms with Gasteiger partial charge >= 0.3 is 0 Å². The summed E-state index contributed by atoms with van der Waals surface area (Å²) < 4.78 is 34.2. The molecule has 0 aliphatic heterocycles. The molecule has 0 atom stereocenters. The molecule has 0 aliphatic rings. The minimum absolute atomic E-state index is 0.233. The molecule has 3 aromatic carbocycles. The molecular formula is C22H22F2O. The molecule has 0 saturated carbocycles. The number of benzene rings is 3. The van der Waals surface area contributed by atoms with Crippen LogP contribution in [0, 0.1) is 11.6 Å². The lowest BCUT2D eigenvalue weighted by Gasteiger charge is -2.10. The molecule has 0 spiro atoms. The number of rotatable bonds is 6. The number of halogens is 2. The van der Waals surface area contributed by atoms with E-state index in [1.54, 1.807) is 18.2 Å². The van der Waals surface area contributed by atoms with E-state index in [2.05, 4.69) is 6.92 Å². The monoisotopic (exact) mass is 340 g/mol. The van der Waals surface area contributed by atoms with Gasteiger partial charge in [-0.05, 0) is 47.6 Å². The largest absolute Gasteiger partial charge is 0.497 e. The first kappa shape index (κ1) is 17.4. The number of aryl methyl sites for hydroxylation is 1. The van der Waals surface area contributed by atoms with Crippen LogP contribution in [0.2, 0.25) is 0 Å². The van der Waals surface area contributed by atoms with Gasteiger partial charge in [-0.2, -0.15) is 0 Å². The van der Waals surface area contributed by atoms with Gasteiger partial charge in [0.15, 0.2) is 11.6 Å². The summed E-state index contributed by atoms with van der Waals surface area (Å²) in [7, 11) is 1.51. The Kier molecular flexibility index (Phi) is 5.32. The Morgan fingerprint density at radius 2 is 1.64 bits per heavy atom. The quantitative estimate of drug-likeness (QED) is 0.464. The van der Waals surface area contributed by atoms with Crippen LogP contribution >= 0.6 is 0 Å². The molecule has 25 heavy (non-hydrogen) atoms. The van der Waals surface area contributed by atoms with Crippen LogP contribution in [-0.4, -0.2) is 7.11 Å². The normalized spacial score (nSPS) is 11.0. The minimum atomic E-state index is -0.835. The summed E-state index contributed by atoms with van der Waals surface area (Å²) in [5.74, 6) is -1.15. The van der Waals surface area contributed by atoms with Crippen LogP contribution in [0.1, 0.15) is 31.7 Å². The highest BCUT2D eigenvalue weighted by Gasteiger charge is 2.15. The van der Waals surface area contributed by atoms with Gasteiger partial charge < -0.3 is 4.74 Å². The van der Waals surface area contributed by atoms with Gasteiger partial charge in [0.25, 0.3) is 0 Å². The van der Waals surface area contributed by atoms with Gasteiger partial charge in [-0.25, -0.2) is 8.78 Å². The Hall–Kier alpha value is -2.42. The number of methoxy groups -OCH3 is 1. The molecule has 0 fully saturated rings. The zero-order valence-electron chi connectivity index (χ0n) is 14.6. The summed E-state index contributed by atoms with van der Waals surface area (Å²) in [5.41, 5.74) is 2.20. The zero-order valence-corrected chi connectivity index (χ0v) is 14.6. The van der Waals surface area contributed by atoms with Crippen molar-refractivity contribution in [2.75, 3.05) is 7.11 Å². The van der Waals surface area contributed by atoms with E-state index in [4.69, 9.17) is 4.74 Å². The molecule has 0 unspecified atom stereocenters. The molecule has 0 bridgehead atoms. The van der Waals surface area contributed by atoms with E-state index in [9.17, 15) is 8.78 Å². The third-order valence-corrected chi connectivity index (χ3v) is 4.56. The molecule has 0 saturated heterocycles. The van der Waals surface area contributed by atoms with Gasteiger partial charge in [-0.1, -0.05) is 50.1 Å². The van der Waals surface area contributed by atoms with Gasteiger partial charge in [0.1, 0.15) is 5.75 Å². The maximum Gasteiger partial charge on any atom is 0.167 e. The second kappa shape index (κ2) is 7.64. The van der Waals surface area contributed by atoms with E-state index in [1.807, 2.05) is 24.3 Å². The first-order chi connectivity index (χ1) is 12.1. The van der Waals surface area contributed by atoms with Crippen molar-refractivity contribution in [3.63, 3.8) is 0 Å². The van der Waals surface area contributed by atoms with Crippen LogP contribution in [0.3, 0.4) is 0 Å². The van der Waals surface area contributed by atoms with E-state index in [1.165, 1.54) is 31.6 Å². The SMILES string of the molecule is CCCCCc1ccc(-c2cc3ccc(OC)cc3c(F)c2F)cc1. The third kappa shape index (κ3) is 3.65. The van der Waals surface area contributed by atoms with Crippen LogP contribution in [0.4, 0.5) is 8.78 Å². The molecule has 0 N–H and O–H groups in total. The summed E-state index contributed by atoms with van der Waals surface area (Å²) in [4.78, 5) is 0. The van der Waals surface area contributed by atoms with Crippen molar-refractivity contribution < 1.29 is 13.5 Å². The highest BCUT2D eigenvalue weighted by molar-refractivity contribution is 5.89. The van der Waals surface area contributed by atoms with Crippen molar-refractivity contribution in [3.05, 3.63) is 65.7 Å². The lowest BCUT2D eigenvalue weighted by atomic mass is 9.98. The Morgan fingerprint density at radius 1 is 0.880 bits per heavy atom. The van der Waals surface area contributed by atoms with Gasteiger partial charge in [0, 0.05) is 10.9 Å². The molecule has 3 rings (SSSR count). The predicted octanol–water partition coefficient (Wildman–Crippen LogP) is 6.53. The standard InChI is InChI=1S/C22H22F2O/c1-3-4-5-6-15-7-9-16(10-8-15)19-13-17-11-12-18(25-2)14-20(17)22(24)21(19)23/h7-14H,3-6H2,1-2H3. The highest BCUT2D eigenvalue weighted by atomic mass is 19.2. The van der Waals surface area contributed by atoms with Crippen molar-refractivity contribution >= 4 is 10.8 Å². The summed E-state index contributed by atoms with van der Waals surface area (Å²) in [6.07, 6.45) is 4.55. The molecule has 3 aromatic rings. The Balaban J connectivity index is 1.96. The van der Waals surface area contributed by atoms with E-state index < -0.39 is 11.6 Å². The summed E-state index contributed by atoms with van der Waals surface area (Å²) in [5, 5.41) is 0.888. The van der Waals surface area contributed by atoms with E-state index in [0.717, 1.165) is 12.8 Å². The molecule has 3 heteroatoms. The number of fused-ring (bicyclic) bond motifs is 1. The van der Waals surface area contributed by atoms with Crippen molar-refractivity contribution in [2.45, 2.75) is 32.6 Å². The first-order valence-electron chi connectivity index (χ1n) is 8.69. The topological polar surface area (TPSA) is 9.23 Å². The van der Waals surface area contributed by atoms with Gasteiger partial charge in [0.2, 0.25) is 0 Å². The lowest BCUT2D eigenvalue weighted by molar-refractivity contribution is 0.415. The van der Waals surface area contributed by atoms with Crippen molar-refractivity contribution in [1.29, 1.82) is 0 Å². The number of ether oxygens (including phenoxy) is 1. The Bertz CT molecular complexity index is 869. The van der Waals surface area contributed by atoms with Crippen LogP contribution < -0.4 is 4.74 Å².